The lowest BCUT2D eigenvalue weighted by Gasteiger charge is -2.12. The second-order valence-corrected chi connectivity index (χ2v) is 7.22. The lowest BCUT2D eigenvalue weighted by Crippen LogP contribution is -2.08. The molecule has 0 atom stereocenters. The third-order valence-electron chi connectivity index (χ3n) is 4.68. The van der Waals surface area contributed by atoms with Crippen LogP contribution in [0.3, 0.4) is 0 Å². The van der Waals surface area contributed by atoms with Crippen LogP contribution in [-0.4, -0.2) is 34.0 Å². The van der Waals surface area contributed by atoms with E-state index in [1.165, 1.54) is 18.5 Å². The van der Waals surface area contributed by atoms with Crippen molar-refractivity contribution in [3.8, 4) is 11.4 Å². The quantitative estimate of drug-likeness (QED) is 0.223. The Bertz CT molecular complexity index is 1270. The van der Waals surface area contributed by atoms with Gasteiger partial charge in [0.1, 0.15) is 6.33 Å². The molecule has 0 aliphatic heterocycles. The number of anilines is 3. The number of aromatic nitrogens is 3. The Kier molecular flexibility index (Phi) is 6.26. The number of hydrogen-bond acceptors (Lipinski definition) is 9. The van der Waals surface area contributed by atoms with Gasteiger partial charge in [-0.05, 0) is 60.7 Å². The van der Waals surface area contributed by atoms with E-state index in [0.29, 0.717) is 23.1 Å². The molecule has 1 N–H and O–H groups in total. The summed E-state index contributed by atoms with van der Waals surface area (Å²) >= 11 is 0. The maximum atomic E-state index is 10.7. The molecule has 0 radical (unpaired) electrons. The van der Waals surface area contributed by atoms with E-state index in [1.807, 2.05) is 55.4 Å². The van der Waals surface area contributed by atoms with E-state index in [0.717, 1.165) is 16.9 Å². The van der Waals surface area contributed by atoms with Crippen molar-refractivity contribution in [2.24, 2.45) is 10.2 Å². The number of nitrogens with zero attached hydrogens (tertiary/aromatic N) is 7. The number of rotatable bonds is 7. The number of nitro groups is 1. The summed E-state index contributed by atoms with van der Waals surface area (Å²) in [5, 5.41) is 22.1. The summed E-state index contributed by atoms with van der Waals surface area (Å²) in [4.78, 5) is 25.2. The van der Waals surface area contributed by atoms with Gasteiger partial charge in [-0.3, -0.25) is 10.1 Å². The number of azo groups is 1. The lowest BCUT2D eigenvalue weighted by atomic mass is 10.2. The second kappa shape index (κ2) is 9.60. The average Bonchev–Trinajstić information content (AvgIpc) is 2.84. The highest BCUT2D eigenvalue weighted by Gasteiger charge is 2.06. The van der Waals surface area contributed by atoms with Gasteiger partial charge in [0.2, 0.25) is 5.95 Å². The monoisotopic (exact) mass is 440 g/mol. The van der Waals surface area contributed by atoms with Crippen LogP contribution in [0.25, 0.3) is 11.4 Å². The minimum Gasteiger partial charge on any atom is -0.378 e. The molecule has 0 saturated heterocycles. The zero-order valence-corrected chi connectivity index (χ0v) is 18.0. The molecule has 0 bridgehead atoms. The van der Waals surface area contributed by atoms with Gasteiger partial charge in [0, 0.05) is 43.2 Å². The minimum atomic E-state index is -0.455. The van der Waals surface area contributed by atoms with Crippen molar-refractivity contribution in [1.82, 2.24) is 15.0 Å². The first-order chi connectivity index (χ1) is 16.0. The molecule has 0 unspecified atom stereocenters. The smallest absolute Gasteiger partial charge is 0.269 e. The van der Waals surface area contributed by atoms with Crippen LogP contribution in [0.5, 0.6) is 0 Å². The molecule has 164 valence electrons. The van der Waals surface area contributed by atoms with Gasteiger partial charge < -0.3 is 10.2 Å². The van der Waals surface area contributed by atoms with Crippen LogP contribution in [0, 0.1) is 10.1 Å². The Morgan fingerprint density at radius 3 is 2.03 bits per heavy atom. The van der Waals surface area contributed by atoms with E-state index in [2.05, 4.69) is 30.5 Å². The van der Waals surface area contributed by atoms with Crippen LogP contribution < -0.4 is 10.2 Å². The Balaban J connectivity index is 1.42. The van der Waals surface area contributed by atoms with E-state index in [4.69, 9.17) is 0 Å². The Morgan fingerprint density at radius 2 is 1.45 bits per heavy atom. The Labute approximate surface area is 189 Å². The lowest BCUT2D eigenvalue weighted by molar-refractivity contribution is -0.384. The molecule has 0 aliphatic carbocycles. The Hall–Kier alpha value is -4.73. The van der Waals surface area contributed by atoms with E-state index < -0.39 is 4.92 Å². The normalized spacial score (nSPS) is 10.8. The third kappa shape index (κ3) is 5.50. The number of hydrogen-bond donors (Lipinski definition) is 1. The highest BCUT2D eigenvalue weighted by molar-refractivity contribution is 5.62. The minimum absolute atomic E-state index is 0.0106. The van der Waals surface area contributed by atoms with Gasteiger partial charge in [-0.1, -0.05) is 0 Å². The van der Waals surface area contributed by atoms with Crippen molar-refractivity contribution in [1.29, 1.82) is 0 Å². The fourth-order valence-electron chi connectivity index (χ4n) is 2.90. The van der Waals surface area contributed by atoms with Crippen LogP contribution in [0.4, 0.5) is 34.4 Å². The molecular weight excluding hydrogens is 420 g/mol. The summed E-state index contributed by atoms with van der Waals surface area (Å²) in [5.74, 6) is 1.00. The number of benzene rings is 3. The Morgan fingerprint density at radius 1 is 0.848 bits per heavy atom. The number of nitro benzene ring substituents is 1. The van der Waals surface area contributed by atoms with Gasteiger partial charge in [0.25, 0.3) is 5.69 Å². The molecule has 4 aromatic rings. The fourth-order valence-corrected chi connectivity index (χ4v) is 2.90. The van der Waals surface area contributed by atoms with Crippen LogP contribution in [0.15, 0.2) is 89.4 Å². The van der Waals surface area contributed by atoms with Crippen LogP contribution in [0.1, 0.15) is 0 Å². The fraction of sp³-hybridized carbons (Fsp3) is 0.0870. The zero-order valence-electron chi connectivity index (χ0n) is 18.0. The second-order valence-electron chi connectivity index (χ2n) is 7.22. The van der Waals surface area contributed by atoms with Crippen molar-refractivity contribution in [3.05, 3.63) is 89.2 Å². The van der Waals surface area contributed by atoms with Gasteiger partial charge in [0.15, 0.2) is 5.82 Å². The molecule has 0 spiro atoms. The first-order valence-corrected chi connectivity index (χ1v) is 9.98. The first kappa shape index (κ1) is 21.5. The predicted molar refractivity (Wildman–Crippen MR) is 127 cm³/mol. The molecule has 10 nitrogen and oxygen atoms in total. The van der Waals surface area contributed by atoms with E-state index in [9.17, 15) is 10.1 Å². The zero-order chi connectivity index (χ0) is 23.2. The highest BCUT2D eigenvalue weighted by Crippen LogP contribution is 2.24. The standard InChI is InChI=1S/C23H20N8O2/c1-30(2)20-11-3-16(4-12-20)22-24-15-25-23(27-22)26-17-5-7-18(8-6-17)28-29-19-9-13-21(14-10-19)31(32)33/h3-15H,1-2H3,(H,24,25,26,27). The van der Waals surface area contributed by atoms with Crippen LogP contribution in [-0.2, 0) is 0 Å². The molecule has 1 aromatic heterocycles. The third-order valence-corrected chi connectivity index (χ3v) is 4.68. The molecule has 10 heteroatoms. The van der Waals surface area contributed by atoms with Gasteiger partial charge in [-0.15, -0.1) is 0 Å². The summed E-state index contributed by atoms with van der Waals surface area (Å²) < 4.78 is 0. The maximum Gasteiger partial charge on any atom is 0.269 e. The number of nitrogens with one attached hydrogen (secondary N) is 1. The van der Waals surface area contributed by atoms with Crippen LogP contribution >= 0.6 is 0 Å². The largest absolute Gasteiger partial charge is 0.378 e. The topological polar surface area (TPSA) is 122 Å². The van der Waals surface area contributed by atoms with Crippen molar-refractivity contribution in [2.75, 3.05) is 24.3 Å². The van der Waals surface area contributed by atoms with Crippen LogP contribution in [0.2, 0.25) is 0 Å². The maximum absolute atomic E-state index is 10.7. The summed E-state index contributed by atoms with van der Waals surface area (Å²) in [5.41, 5.74) is 3.95. The molecule has 0 aliphatic rings. The van der Waals surface area contributed by atoms with Crippen molar-refractivity contribution >= 4 is 34.4 Å². The highest BCUT2D eigenvalue weighted by atomic mass is 16.6. The molecule has 1 heterocycles. The molecule has 0 fully saturated rings. The summed E-state index contributed by atoms with van der Waals surface area (Å²) in [6, 6.07) is 21.1. The molecule has 4 rings (SSSR count). The van der Waals surface area contributed by atoms with Gasteiger partial charge in [0.05, 0.1) is 16.3 Å². The van der Waals surface area contributed by atoms with Crippen molar-refractivity contribution < 1.29 is 4.92 Å². The SMILES string of the molecule is CN(C)c1ccc(-c2ncnc(Nc3ccc(N=Nc4ccc([N+](=O)[O-])cc4)cc3)n2)cc1. The van der Waals surface area contributed by atoms with Gasteiger partial charge in [-0.2, -0.15) is 15.2 Å². The van der Waals surface area contributed by atoms with E-state index >= 15 is 0 Å². The van der Waals surface area contributed by atoms with Gasteiger partial charge in [-0.25, -0.2) is 9.97 Å². The average molecular weight is 440 g/mol. The van der Waals surface area contributed by atoms with E-state index in [-0.39, 0.29) is 5.69 Å². The van der Waals surface area contributed by atoms with Gasteiger partial charge >= 0.3 is 0 Å². The van der Waals surface area contributed by atoms with Crippen molar-refractivity contribution in [2.45, 2.75) is 0 Å². The molecule has 0 amide bonds. The number of non-ortho nitro benzene ring substituents is 1. The predicted octanol–water partition coefficient (Wildman–Crippen LogP) is 5.67. The summed E-state index contributed by atoms with van der Waals surface area (Å²) in [6.45, 7) is 0. The van der Waals surface area contributed by atoms with Crippen molar-refractivity contribution in [3.63, 3.8) is 0 Å². The molecule has 33 heavy (non-hydrogen) atoms. The summed E-state index contributed by atoms with van der Waals surface area (Å²) in [7, 11) is 3.98. The first-order valence-electron chi connectivity index (χ1n) is 9.98. The molecule has 0 saturated carbocycles. The van der Waals surface area contributed by atoms with E-state index in [1.54, 1.807) is 24.3 Å². The molecule has 3 aromatic carbocycles. The molecular formula is C23H20N8O2. The summed E-state index contributed by atoms with van der Waals surface area (Å²) in [6.07, 6.45) is 1.47.